The zero-order valence-corrected chi connectivity index (χ0v) is 9.25. The zero-order chi connectivity index (χ0) is 11.5. The van der Waals surface area contributed by atoms with Crippen LogP contribution in [0.25, 0.3) is 17.1 Å². The molecule has 81 valence electrons. The molecule has 2 heteroatoms. The van der Waals surface area contributed by atoms with Crippen molar-refractivity contribution in [2.45, 2.75) is 0 Å². The molecule has 0 aliphatic carbocycles. The lowest BCUT2D eigenvalue weighted by Gasteiger charge is -2.07. The molecule has 1 radical (unpaired) electrons. The Kier molecular flexibility index (Phi) is 2.47. The maximum absolute atomic E-state index is 4.42. The summed E-state index contributed by atoms with van der Waals surface area (Å²) in [5, 5.41) is 0. The minimum Gasteiger partial charge on any atom is -0.300 e. The molecule has 1 heterocycles. The van der Waals surface area contributed by atoms with E-state index in [1.807, 2.05) is 54.9 Å². The molecule has 0 aliphatic heterocycles. The third kappa shape index (κ3) is 1.85. The molecule has 0 bridgehead atoms. The van der Waals surface area contributed by atoms with Crippen molar-refractivity contribution in [2.75, 3.05) is 0 Å². The Morgan fingerprint density at radius 3 is 2.47 bits per heavy atom. The average Bonchev–Trinajstić information content (AvgIpc) is 2.90. The van der Waals surface area contributed by atoms with Gasteiger partial charge in [-0.1, -0.05) is 42.5 Å². The van der Waals surface area contributed by atoms with Crippen LogP contribution in [0.4, 0.5) is 0 Å². The first-order chi connectivity index (χ1) is 8.45. The predicted molar refractivity (Wildman–Crippen MR) is 67.8 cm³/mol. The van der Waals surface area contributed by atoms with E-state index in [-0.39, 0.29) is 0 Å². The van der Waals surface area contributed by atoms with Gasteiger partial charge >= 0.3 is 0 Å². The number of imidazole rings is 1. The summed E-state index contributed by atoms with van der Waals surface area (Å²) in [5.74, 6) is 0.955. The summed E-state index contributed by atoms with van der Waals surface area (Å²) in [5.41, 5.74) is 2.21. The Morgan fingerprint density at radius 2 is 1.71 bits per heavy atom. The molecule has 0 aliphatic rings. The van der Waals surface area contributed by atoms with Gasteiger partial charge in [-0.25, -0.2) is 4.98 Å². The van der Waals surface area contributed by atoms with Crippen LogP contribution in [0.2, 0.25) is 0 Å². The van der Waals surface area contributed by atoms with E-state index >= 15 is 0 Å². The number of hydrogen-bond donors (Lipinski definition) is 0. The van der Waals surface area contributed by atoms with Gasteiger partial charge in [0.25, 0.3) is 0 Å². The van der Waals surface area contributed by atoms with Gasteiger partial charge in [-0.15, -0.1) is 0 Å². The SMILES string of the molecule is [c]1ccc(-n2ccnc2-c2ccccc2)cc1. The lowest BCUT2D eigenvalue weighted by atomic mass is 10.2. The van der Waals surface area contributed by atoms with Crippen molar-refractivity contribution >= 4 is 0 Å². The first kappa shape index (κ1) is 9.85. The van der Waals surface area contributed by atoms with Crippen LogP contribution in [0, 0.1) is 6.07 Å². The summed E-state index contributed by atoms with van der Waals surface area (Å²) in [6.45, 7) is 0. The van der Waals surface area contributed by atoms with Crippen LogP contribution in [-0.2, 0) is 0 Å². The van der Waals surface area contributed by atoms with Crippen LogP contribution in [-0.4, -0.2) is 9.55 Å². The van der Waals surface area contributed by atoms with Crippen molar-refractivity contribution in [3.05, 3.63) is 73.1 Å². The highest BCUT2D eigenvalue weighted by atomic mass is 15.1. The second kappa shape index (κ2) is 4.26. The average molecular weight is 219 g/mol. The molecule has 0 unspecified atom stereocenters. The molecular formula is C15H11N2. The standard InChI is InChI=1S/C15H11N2/c1-3-7-13(8-4-1)15-16-11-12-17(15)14-9-5-2-6-10-14/h1,3-12H. The molecule has 2 aromatic carbocycles. The Labute approximate surface area is 100 Å². The van der Waals surface area contributed by atoms with Gasteiger partial charge in [0.2, 0.25) is 0 Å². The highest BCUT2D eigenvalue weighted by molar-refractivity contribution is 5.58. The lowest BCUT2D eigenvalue weighted by Crippen LogP contribution is -1.95. The minimum absolute atomic E-state index is 0.955. The van der Waals surface area contributed by atoms with Crippen molar-refractivity contribution in [1.29, 1.82) is 0 Å². The topological polar surface area (TPSA) is 17.8 Å². The highest BCUT2D eigenvalue weighted by Gasteiger charge is 2.05. The Morgan fingerprint density at radius 1 is 0.941 bits per heavy atom. The van der Waals surface area contributed by atoms with Crippen molar-refractivity contribution in [1.82, 2.24) is 9.55 Å². The van der Waals surface area contributed by atoms with Crippen molar-refractivity contribution in [2.24, 2.45) is 0 Å². The van der Waals surface area contributed by atoms with Gasteiger partial charge < -0.3 is 0 Å². The fourth-order valence-corrected chi connectivity index (χ4v) is 1.85. The predicted octanol–water partition coefficient (Wildman–Crippen LogP) is 3.34. The maximum atomic E-state index is 4.42. The Hall–Kier alpha value is -2.35. The van der Waals surface area contributed by atoms with Crippen LogP contribution < -0.4 is 0 Å². The van der Waals surface area contributed by atoms with E-state index in [4.69, 9.17) is 0 Å². The van der Waals surface area contributed by atoms with Crippen LogP contribution in [0.5, 0.6) is 0 Å². The van der Waals surface area contributed by atoms with Crippen LogP contribution in [0.15, 0.2) is 67.0 Å². The van der Waals surface area contributed by atoms with E-state index < -0.39 is 0 Å². The monoisotopic (exact) mass is 219 g/mol. The molecule has 0 atom stereocenters. The van der Waals surface area contributed by atoms with E-state index in [1.54, 1.807) is 0 Å². The zero-order valence-electron chi connectivity index (χ0n) is 9.25. The number of rotatable bonds is 2. The van der Waals surface area contributed by atoms with E-state index in [0.717, 1.165) is 17.1 Å². The minimum atomic E-state index is 0.955. The van der Waals surface area contributed by atoms with E-state index in [9.17, 15) is 0 Å². The molecule has 0 saturated heterocycles. The molecule has 0 N–H and O–H groups in total. The molecule has 3 rings (SSSR count). The number of aromatic nitrogens is 2. The van der Waals surface area contributed by atoms with Gasteiger partial charge in [0.05, 0.1) is 0 Å². The molecule has 0 saturated carbocycles. The first-order valence-corrected chi connectivity index (χ1v) is 5.50. The summed E-state index contributed by atoms with van der Waals surface area (Å²) >= 11 is 0. The lowest BCUT2D eigenvalue weighted by molar-refractivity contribution is 1.07. The smallest absolute Gasteiger partial charge is 0.144 e. The summed E-state index contributed by atoms with van der Waals surface area (Å²) in [4.78, 5) is 4.42. The van der Waals surface area contributed by atoms with Gasteiger partial charge in [0.1, 0.15) is 5.82 Å². The van der Waals surface area contributed by atoms with Crippen molar-refractivity contribution < 1.29 is 0 Å². The summed E-state index contributed by atoms with van der Waals surface area (Å²) in [7, 11) is 0. The summed E-state index contributed by atoms with van der Waals surface area (Å²) in [6.07, 6.45) is 3.79. The second-order valence-corrected chi connectivity index (χ2v) is 3.75. The van der Waals surface area contributed by atoms with E-state index in [2.05, 4.69) is 27.8 Å². The van der Waals surface area contributed by atoms with E-state index in [0.29, 0.717) is 0 Å². The van der Waals surface area contributed by atoms with E-state index in [1.165, 1.54) is 0 Å². The molecule has 0 amide bonds. The third-order valence-corrected chi connectivity index (χ3v) is 2.65. The van der Waals surface area contributed by atoms with Crippen molar-refractivity contribution in [3.63, 3.8) is 0 Å². The van der Waals surface area contributed by atoms with Crippen LogP contribution in [0.1, 0.15) is 0 Å². The first-order valence-electron chi connectivity index (χ1n) is 5.50. The molecule has 1 aromatic heterocycles. The van der Waals surface area contributed by atoms with Gasteiger partial charge in [0, 0.05) is 23.6 Å². The molecule has 0 fully saturated rings. The molecule has 17 heavy (non-hydrogen) atoms. The third-order valence-electron chi connectivity index (χ3n) is 2.65. The number of hydrogen-bond acceptors (Lipinski definition) is 1. The fourth-order valence-electron chi connectivity index (χ4n) is 1.85. The Bertz CT molecular complexity index is 543. The normalized spacial score (nSPS) is 10.4. The van der Waals surface area contributed by atoms with Crippen LogP contribution >= 0.6 is 0 Å². The summed E-state index contributed by atoms with van der Waals surface area (Å²) < 4.78 is 2.07. The number of nitrogens with zero attached hydrogens (tertiary/aromatic N) is 2. The molecule has 2 nitrogen and oxygen atoms in total. The van der Waals surface area contributed by atoms with Crippen molar-refractivity contribution in [3.8, 4) is 17.1 Å². The van der Waals surface area contributed by atoms with Crippen LogP contribution in [0.3, 0.4) is 0 Å². The van der Waals surface area contributed by atoms with Gasteiger partial charge in [-0.05, 0) is 18.2 Å². The quantitative estimate of drug-likeness (QED) is 0.646. The Balaban J connectivity index is 2.13. The number of benzene rings is 2. The fraction of sp³-hybridized carbons (Fsp3) is 0. The summed E-state index contributed by atoms with van der Waals surface area (Å²) in [6, 6.07) is 21.1. The highest BCUT2D eigenvalue weighted by Crippen LogP contribution is 2.20. The van der Waals surface area contributed by atoms with Gasteiger partial charge in [-0.2, -0.15) is 0 Å². The second-order valence-electron chi connectivity index (χ2n) is 3.75. The molecular weight excluding hydrogens is 208 g/mol. The van der Waals surface area contributed by atoms with Gasteiger partial charge in [0.15, 0.2) is 0 Å². The molecule has 0 spiro atoms. The largest absolute Gasteiger partial charge is 0.300 e. The maximum Gasteiger partial charge on any atom is 0.144 e. The molecule has 3 aromatic rings. The van der Waals surface area contributed by atoms with Gasteiger partial charge in [-0.3, -0.25) is 4.57 Å².